The summed E-state index contributed by atoms with van der Waals surface area (Å²) in [6.45, 7) is -0.604. The third-order valence-electron chi connectivity index (χ3n) is 8.37. The van der Waals surface area contributed by atoms with E-state index in [4.69, 9.17) is 21.1 Å². The summed E-state index contributed by atoms with van der Waals surface area (Å²) < 4.78 is 78.4. The van der Waals surface area contributed by atoms with Crippen LogP contribution in [0.25, 0.3) is 0 Å². The molecule has 7 nitrogen and oxygen atoms in total. The van der Waals surface area contributed by atoms with Crippen molar-refractivity contribution in [2.45, 2.75) is 117 Å². The van der Waals surface area contributed by atoms with Gasteiger partial charge < -0.3 is 25.4 Å². The predicted octanol–water partition coefficient (Wildman–Crippen LogP) is 3.23. The maximum atomic E-state index is 15.3. The summed E-state index contributed by atoms with van der Waals surface area (Å²) in [5.41, 5.74) is -1.77. The van der Waals surface area contributed by atoms with Gasteiger partial charge in [0.25, 0.3) is 0 Å². The first-order valence-corrected chi connectivity index (χ1v) is 13.4. The Morgan fingerprint density at radius 3 is 2.11 bits per heavy atom. The minimum absolute atomic E-state index is 0.0113. The molecule has 4 aliphatic carbocycles. The van der Waals surface area contributed by atoms with Crippen LogP contribution >= 0.6 is 11.6 Å². The normalized spacial score (nSPS) is 40.3. The summed E-state index contributed by atoms with van der Waals surface area (Å²) in [5, 5.41) is 7.54. The molecule has 1 saturated heterocycles. The molecule has 4 saturated carbocycles. The first-order valence-electron chi connectivity index (χ1n) is 13.0. The van der Waals surface area contributed by atoms with Gasteiger partial charge in [0.2, 0.25) is 11.8 Å². The van der Waals surface area contributed by atoms with Crippen LogP contribution in [0, 0.1) is 0 Å². The summed E-state index contributed by atoms with van der Waals surface area (Å²) in [6.07, 6.45) is -4.81. The summed E-state index contributed by atoms with van der Waals surface area (Å²) >= 11 is 5.88. The lowest BCUT2D eigenvalue weighted by molar-refractivity contribution is -0.166. The lowest BCUT2D eigenvalue weighted by Crippen LogP contribution is -2.69. The van der Waals surface area contributed by atoms with E-state index in [1.54, 1.807) is 0 Å². The summed E-state index contributed by atoms with van der Waals surface area (Å²) in [4.78, 5) is 25.0. The van der Waals surface area contributed by atoms with Crippen LogP contribution in [0.15, 0.2) is 0 Å². The van der Waals surface area contributed by atoms with Crippen molar-refractivity contribution in [3.05, 3.63) is 0 Å². The van der Waals surface area contributed by atoms with Crippen LogP contribution in [0.2, 0.25) is 0 Å². The molecule has 1 heterocycles. The zero-order valence-corrected chi connectivity index (χ0v) is 21.3. The number of amides is 2. The average molecular weight is 560 g/mol. The fraction of sp³-hybridized carbons (Fsp3) is 0.917. The van der Waals surface area contributed by atoms with Crippen molar-refractivity contribution < 1.29 is 41.0 Å². The molecule has 5 rings (SSSR count). The van der Waals surface area contributed by atoms with E-state index >= 15 is 4.39 Å². The molecule has 2 bridgehead atoms. The van der Waals surface area contributed by atoms with Gasteiger partial charge in [-0.15, -0.1) is 11.6 Å². The molecule has 212 valence electrons. The van der Waals surface area contributed by atoms with Gasteiger partial charge in [-0.3, -0.25) is 9.59 Å². The number of piperidine rings is 1. The lowest BCUT2D eigenvalue weighted by atomic mass is 9.60. The van der Waals surface area contributed by atoms with Crippen LogP contribution < -0.4 is 16.0 Å². The van der Waals surface area contributed by atoms with E-state index in [2.05, 4.69) is 16.0 Å². The average Bonchev–Trinajstić information content (AvgIpc) is 2.84. The molecular weight excluding hydrogens is 525 g/mol. The van der Waals surface area contributed by atoms with Crippen molar-refractivity contribution in [1.29, 1.82) is 0 Å². The van der Waals surface area contributed by atoms with Crippen LogP contribution in [-0.4, -0.2) is 84.8 Å². The number of hydrogen-bond acceptors (Lipinski definition) is 5. The first-order chi connectivity index (χ1) is 17.4. The summed E-state index contributed by atoms with van der Waals surface area (Å²) in [6, 6.07) is -1.57. The number of rotatable bonds is 8. The number of ether oxygens (including phenoxy) is 2. The monoisotopic (exact) mass is 559 g/mol. The van der Waals surface area contributed by atoms with Gasteiger partial charge in [-0.1, -0.05) is 0 Å². The Balaban J connectivity index is 1.18. The van der Waals surface area contributed by atoms with Gasteiger partial charge in [0.15, 0.2) is 0 Å². The van der Waals surface area contributed by atoms with Crippen molar-refractivity contribution in [2.75, 3.05) is 19.8 Å². The molecular formula is C24H35ClF5N3O4. The molecule has 1 aliphatic heterocycles. The quantitative estimate of drug-likeness (QED) is 0.314. The Morgan fingerprint density at radius 2 is 1.54 bits per heavy atom. The molecule has 0 spiro atoms. The topological polar surface area (TPSA) is 88.7 Å². The predicted molar refractivity (Wildman–Crippen MR) is 125 cm³/mol. The van der Waals surface area contributed by atoms with E-state index in [1.807, 2.05) is 0 Å². The van der Waals surface area contributed by atoms with Gasteiger partial charge >= 0.3 is 6.18 Å². The standard InChI is InChI=1S/C24H35ClF5N3O4/c25-16-3-1-14(9-17(16)26)36-12-20(34)32-22-5-7-23(8-6-22,18(27)10-22)33-21(35)13-37-15-2-4-19(31-11-15)24(28,29)30/h14-19,31H,1-13H2,(H,32,34)(H,33,35)/t14?,15?,16?,17?,18-,19?,22?,23?/m0/s1. The van der Waals surface area contributed by atoms with Gasteiger partial charge in [-0.05, 0) is 51.4 Å². The Morgan fingerprint density at radius 1 is 0.919 bits per heavy atom. The second kappa shape index (κ2) is 11.5. The molecule has 5 unspecified atom stereocenters. The fourth-order valence-electron chi connectivity index (χ4n) is 6.09. The first kappa shape index (κ1) is 28.8. The molecule has 6 atom stereocenters. The van der Waals surface area contributed by atoms with Crippen molar-refractivity contribution in [3.63, 3.8) is 0 Å². The van der Waals surface area contributed by atoms with Crippen LogP contribution in [-0.2, 0) is 19.1 Å². The molecule has 0 aromatic heterocycles. The Labute approximate surface area is 217 Å². The molecule has 0 radical (unpaired) electrons. The van der Waals surface area contributed by atoms with Crippen LogP contribution in [0.1, 0.15) is 64.2 Å². The van der Waals surface area contributed by atoms with Crippen molar-refractivity contribution in [2.24, 2.45) is 0 Å². The summed E-state index contributed by atoms with van der Waals surface area (Å²) in [5.74, 6) is -0.887. The van der Waals surface area contributed by atoms with Gasteiger partial charge in [0.05, 0.1) is 23.1 Å². The third kappa shape index (κ3) is 7.05. The van der Waals surface area contributed by atoms with E-state index in [9.17, 15) is 27.2 Å². The maximum absolute atomic E-state index is 15.3. The minimum Gasteiger partial charge on any atom is -0.368 e. The molecule has 2 amide bonds. The van der Waals surface area contributed by atoms with Gasteiger partial charge in [0, 0.05) is 24.9 Å². The zero-order valence-electron chi connectivity index (χ0n) is 20.6. The number of nitrogens with one attached hydrogen (secondary N) is 3. The Bertz CT molecular complexity index is 819. The second-order valence-corrected chi connectivity index (χ2v) is 11.6. The van der Waals surface area contributed by atoms with Gasteiger partial charge in [-0.25, -0.2) is 8.78 Å². The van der Waals surface area contributed by atoms with Gasteiger partial charge in [-0.2, -0.15) is 13.2 Å². The number of carbonyl (C=O) groups is 2. The van der Waals surface area contributed by atoms with Crippen molar-refractivity contribution in [3.8, 4) is 0 Å². The molecule has 0 aromatic carbocycles. The van der Waals surface area contributed by atoms with E-state index in [-0.39, 0.29) is 57.5 Å². The Kier molecular flexibility index (Phi) is 8.92. The number of halogens is 6. The van der Waals surface area contributed by atoms with Crippen LogP contribution in [0.3, 0.4) is 0 Å². The van der Waals surface area contributed by atoms with E-state index in [0.29, 0.717) is 38.5 Å². The highest BCUT2D eigenvalue weighted by atomic mass is 35.5. The van der Waals surface area contributed by atoms with Gasteiger partial charge in [0.1, 0.15) is 31.6 Å². The Hall–Kier alpha value is -1.24. The smallest absolute Gasteiger partial charge is 0.368 e. The van der Waals surface area contributed by atoms with Crippen LogP contribution in [0.4, 0.5) is 22.0 Å². The van der Waals surface area contributed by atoms with E-state index in [1.165, 1.54) is 0 Å². The minimum atomic E-state index is -4.32. The van der Waals surface area contributed by atoms with E-state index < -0.39 is 53.0 Å². The number of alkyl halides is 6. The van der Waals surface area contributed by atoms with Crippen molar-refractivity contribution >= 4 is 23.4 Å². The highest BCUT2D eigenvalue weighted by molar-refractivity contribution is 6.21. The fourth-order valence-corrected chi connectivity index (χ4v) is 6.32. The number of carbonyl (C=O) groups excluding carboxylic acids is 2. The largest absolute Gasteiger partial charge is 0.403 e. The molecule has 37 heavy (non-hydrogen) atoms. The molecule has 3 N–H and O–H groups in total. The molecule has 5 aliphatic rings. The highest BCUT2D eigenvalue weighted by Crippen LogP contribution is 2.48. The van der Waals surface area contributed by atoms with E-state index in [0.717, 1.165) is 0 Å². The van der Waals surface area contributed by atoms with Crippen LogP contribution in [0.5, 0.6) is 0 Å². The SMILES string of the molecule is O=C(COC1CCC(Cl)C(F)C1)NC12CCC(NC(=O)COC3CCC(C(F)(F)F)NC3)(CC1)[C@@H](F)C2. The number of fused-ring (bicyclic) bond motifs is 3. The highest BCUT2D eigenvalue weighted by Gasteiger charge is 2.56. The number of hydrogen-bond donors (Lipinski definition) is 3. The molecule has 5 fully saturated rings. The lowest BCUT2D eigenvalue weighted by Gasteiger charge is -2.55. The maximum Gasteiger partial charge on any atom is 0.403 e. The third-order valence-corrected chi connectivity index (χ3v) is 8.86. The summed E-state index contributed by atoms with van der Waals surface area (Å²) in [7, 11) is 0. The molecule has 0 aromatic rings. The molecule has 13 heteroatoms. The van der Waals surface area contributed by atoms with Crippen molar-refractivity contribution in [1.82, 2.24) is 16.0 Å². The second-order valence-electron chi connectivity index (χ2n) is 11.0. The zero-order chi connectivity index (χ0) is 26.8.